The van der Waals surface area contributed by atoms with Crippen LogP contribution in [0.3, 0.4) is 0 Å². The van der Waals surface area contributed by atoms with Crippen molar-refractivity contribution in [3.63, 3.8) is 0 Å². The second-order valence-corrected chi connectivity index (χ2v) is 5.52. The first kappa shape index (κ1) is 18.1. The van der Waals surface area contributed by atoms with E-state index in [0.29, 0.717) is 6.10 Å². The highest BCUT2D eigenvalue weighted by molar-refractivity contribution is 14.0. The van der Waals surface area contributed by atoms with Crippen molar-refractivity contribution in [1.29, 1.82) is 0 Å². The molecule has 0 spiro atoms. The summed E-state index contributed by atoms with van der Waals surface area (Å²) in [5.74, 6) is 1.80. The van der Waals surface area contributed by atoms with Crippen LogP contribution in [-0.2, 0) is 11.2 Å². The summed E-state index contributed by atoms with van der Waals surface area (Å²) in [5, 5.41) is 7.77. The number of para-hydroxylation sites is 1. The molecule has 1 aromatic carbocycles. The van der Waals surface area contributed by atoms with Crippen LogP contribution in [0.15, 0.2) is 39.7 Å². The second-order valence-electron chi connectivity index (χ2n) is 5.52. The van der Waals surface area contributed by atoms with Gasteiger partial charge in [-0.25, -0.2) is 0 Å². The SMILES string of the molecule is CN=C(NCCc1cc2ccccc2o1)NCC1CCCO1.I. The molecule has 1 aliphatic heterocycles. The van der Waals surface area contributed by atoms with Gasteiger partial charge >= 0.3 is 0 Å². The summed E-state index contributed by atoms with van der Waals surface area (Å²) in [7, 11) is 1.78. The molecule has 5 nitrogen and oxygen atoms in total. The standard InChI is InChI=1S/C17H23N3O2.HI/c1-18-17(20-12-15-6-4-10-21-15)19-9-8-14-11-13-5-2-3-7-16(13)22-14;/h2-3,5,7,11,15H,4,6,8-10,12H2,1H3,(H2,18,19,20);1H. The first-order valence-electron chi connectivity index (χ1n) is 7.89. The van der Waals surface area contributed by atoms with E-state index >= 15 is 0 Å². The van der Waals surface area contributed by atoms with Gasteiger partial charge in [-0.3, -0.25) is 4.99 Å². The molecule has 2 heterocycles. The summed E-state index contributed by atoms with van der Waals surface area (Å²) in [6, 6.07) is 10.2. The van der Waals surface area contributed by atoms with Crippen LogP contribution in [0.25, 0.3) is 11.0 Å². The third-order valence-electron chi connectivity index (χ3n) is 3.89. The van der Waals surface area contributed by atoms with Crippen molar-refractivity contribution >= 4 is 40.9 Å². The number of nitrogens with one attached hydrogen (secondary N) is 2. The summed E-state index contributed by atoms with van der Waals surface area (Å²) in [6.07, 6.45) is 3.43. The van der Waals surface area contributed by atoms with Gasteiger partial charge in [0.2, 0.25) is 0 Å². The Morgan fingerprint density at radius 1 is 1.30 bits per heavy atom. The zero-order valence-electron chi connectivity index (χ0n) is 13.4. The van der Waals surface area contributed by atoms with Gasteiger partial charge < -0.3 is 19.8 Å². The lowest BCUT2D eigenvalue weighted by atomic mass is 10.2. The molecule has 0 aliphatic carbocycles. The number of benzene rings is 1. The molecular formula is C17H24IN3O2. The van der Waals surface area contributed by atoms with Crippen LogP contribution >= 0.6 is 24.0 Å². The van der Waals surface area contributed by atoms with Crippen molar-refractivity contribution in [2.24, 2.45) is 4.99 Å². The molecule has 1 unspecified atom stereocenters. The third-order valence-corrected chi connectivity index (χ3v) is 3.89. The molecule has 3 rings (SSSR count). The predicted molar refractivity (Wildman–Crippen MR) is 104 cm³/mol. The van der Waals surface area contributed by atoms with Crippen LogP contribution < -0.4 is 10.6 Å². The normalized spacial score (nSPS) is 18.0. The number of furan rings is 1. The molecule has 126 valence electrons. The minimum atomic E-state index is 0. The van der Waals surface area contributed by atoms with Crippen LogP contribution in [0.5, 0.6) is 0 Å². The Kier molecular flexibility index (Phi) is 7.16. The minimum absolute atomic E-state index is 0. The Morgan fingerprint density at radius 3 is 2.91 bits per heavy atom. The number of rotatable bonds is 5. The fourth-order valence-electron chi connectivity index (χ4n) is 2.70. The molecule has 1 aliphatic rings. The smallest absolute Gasteiger partial charge is 0.191 e. The van der Waals surface area contributed by atoms with Crippen molar-refractivity contribution in [3.8, 4) is 0 Å². The maximum Gasteiger partial charge on any atom is 0.191 e. The lowest BCUT2D eigenvalue weighted by Gasteiger charge is -2.14. The number of aliphatic imine (C=N–C) groups is 1. The molecule has 1 saturated heterocycles. The van der Waals surface area contributed by atoms with E-state index in [0.717, 1.165) is 61.6 Å². The molecule has 0 bridgehead atoms. The number of nitrogens with zero attached hydrogens (tertiary/aromatic N) is 1. The van der Waals surface area contributed by atoms with Crippen molar-refractivity contribution < 1.29 is 9.15 Å². The summed E-state index contributed by atoms with van der Waals surface area (Å²) in [4.78, 5) is 4.23. The van der Waals surface area contributed by atoms with Gasteiger partial charge in [0, 0.05) is 38.6 Å². The number of ether oxygens (including phenoxy) is 1. The molecule has 6 heteroatoms. The highest BCUT2D eigenvalue weighted by Crippen LogP contribution is 2.18. The maximum atomic E-state index is 5.80. The van der Waals surface area contributed by atoms with Crippen LogP contribution in [0, 0.1) is 0 Å². The second kappa shape index (κ2) is 9.12. The Bertz CT molecular complexity index is 603. The van der Waals surface area contributed by atoms with Gasteiger partial charge in [-0.2, -0.15) is 0 Å². The van der Waals surface area contributed by atoms with Crippen molar-refractivity contribution in [2.75, 3.05) is 26.7 Å². The van der Waals surface area contributed by atoms with Crippen molar-refractivity contribution in [3.05, 3.63) is 36.1 Å². The Morgan fingerprint density at radius 2 is 2.17 bits per heavy atom. The average Bonchev–Trinajstić information content (AvgIpc) is 3.19. The number of hydrogen-bond donors (Lipinski definition) is 2. The van der Waals surface area contributed by atoms with Gasteiger partial charge in [0.15, 0.2) is 5.96 Å². The highest BCUT2D eigenvalue weighted by Gasteiger charge is 2.15. The van der Waals surface area contributed by atoms with E-state index in [4.69, 9.17) is 9.15 Å². The van der Waals surface area contributed by atoms with E-state index < -0.39 is 0 Å². The first-order chi connectivity index (χ1) is 10.8. The zero-order chi connectivity index (χ0) is 15.2. The van der Waals surface area contributed by atoms with Gasteiger partial charge in [0.25, 0.3) is 0 Å². The van der Waals surface area contributed by atoms with Crippen LogP contribution in [-0.4, -0.2) is 38.8 Å². The maximum absolute atomic E-state index is 5.80. The first-order valence-corrected chi connectivity index (χ1v) is 7.89. The molecule has 1 atom stereocenters. The molecule has 0 saturated carbocycles. The Labute approximate surface area is 153 Å². The Hall–Kier alpha value is -1.28. The monoisotopic (exact) mass is 429 g/mol. The van der Waals surface area contributed by atoms with Crippen molar-refractivity contribution in [2.45, 2.75) is 25.4 Å². The molecule has 1 aromatic heterocycles. The largest absolute Gasteiger partial charge is 0.461 e. The highest BCUT2D eigenvalue weighted by atomic mass is 127. The van der Waals surface area contributed by atoms with Gasteiger partial charge in [-0.05, 0) is 25.0 Å². The molecule has 0 amide bonds. The molecule has 1 fully saturated rings. The number of hydrogen-bond acceptors (Lipinski definition) is 3. The lowest BCUT2D eigenvalue weighted by molar-refractivity contribution is 0.114. The fourth-order valence-corrected chi connectivity index (χ4v) is 2.70. The van der Waals surface area contributed by atoms with Gasteiger partial charge in [0.1, 0.15) is 11.3 Å². The zero-order valence-corrected chi connectivity index (χ0v) is 15.7. The van der Waals surface area contributed by atoms with Gasteiger partial charge in [0.05, 0.1) is 6.10 Å². The van der Waals surface area contributed by atoms with Crippen LogP contribution in [0.1, 0.15) is 18.6 Å². The van der Waals surface area contributed by atoms with E-state index in [2.05, 4.69) is 27.8 Å². The summed E-state index contributed by atoms with van der Waals surface area (Å²) in [6.45, 7) is 2.47. The predicted octanol–water partition coefficient (Wildman–Crippen LogP) is 2.94. The van der Waals surface area contributed by atoms with E-state index in [1.165, 1.54) is 0 Å². The van der Waals surface area contributed by atoms with E-state index in [1.807, 2.05) is 18.2 Å². The molecule has 2 aromatic rings. The van der Waals surface area contributed by atoms with Gasteiger partial charge in [-0.15, -0.1) is 24.0 Å². The Balaban J connectivity index is 0.00000192. The number of guanidine groups is 1. The summed E-state index contributed by atoms with van der Waals surface area (Å²) >= 11 is 0. The average molecular weight is 429 g/mol. The fraction of sp³-hybridized carbons (Fsp3) is 0.471. The lowest BCUT2D eigenvalue weighted by Crippen LogP contribution is -2.41. The summed E-state index contributed by atoms with van der Waals surface area (Å²) < 4.78 is 11.4. The third kappa shape index (κ3) is 5.10. The quantitative estimate of drug-likeness (QED) is 0.436. The van der Waals surface area contributed by atoms with E-state index in [1.54, 1.807) is 7.05 Å². The minimum Gasteiger partial charge on any atom is -0.461 e. The topological polar surface area (TPSA) is 58.8 Å². The van der Waals surface area contributed by atoms with E-state index in [9.17, 15) is 0 Å². The molecular weight excluding hydrogens is 405 g/mol. The van der Waals surface area contributed by atoms with Crippen LogP contribution in [0.4, 0.5) is 0 Å². The number of fused-ring (bicyclic) bond motifs is 1. The van der Waals surface area contributed by atoms with Crippen molar-refractivity contribution in [1.82, 2.24) is 10.6 Å². The van der Waals surface area contributed by atoms with Crippen LogP contribution in [0.2, 0.25) is 0 Å². The molecule has 0 radical (unpaired) electrons. The number of halogens is 1. The molecule has 2 N–H and O–H groups in total. The molecule has 23 heavy (non-hydrogen) atoms. The van der Waals surface area contributed by atoms with E-state index in [-0.39, 0.29) is 24.0 Å². The summed E-state index contributed by atoms with van der Waals surface area (Å²) in [5.41, 5.74) is 0.943. The van der Waals surface area contributed by atoms with Gasteiger partial charge in [-0.1, -0.05) is 18.2 Å².